The highest BCUT2D eigenvalue weighted by molar-refractivity contribution is 6.29. The van der Waals surface area contributed by atoms with Crippen LogP contribution in [0.5, 0.6) is 0 Å². The van der Waals surface area contributed by atoms with Crippen LogP contribution in [0.15, 0.2) is 291 Å². The average Bonchev–Trinajstić information content (AvgIpc) is 1.92. The summed E-state index contributed by atoms with van der Waals surface area (Å²) >= 11 is 0. The van der Waals surface area contributed by atoms with E-state index >= 15 is 0 Å². The van der Waals surface area contributed by atoms with Gasteiger partial charge in [0, 0.05) is 33.5 Å². The van der Waals surface area contributed by atoms with E-state index in [0.29, 0.717) is 0 Å². The normalized spacial score (nSPS) is 12.6. The lowest BCUT2D eigenvalue weighted by molar-refractivity contribution is 0.767. The minimum atomic E-state index is -0.562. The molecule has 0 atom stereocenters. The molecule has 0 saturated heterocycles. The summed E-state index contributed by atoms with van der Waals surface area (Å²) in [5.41, 5.74) is 26.2. The standard InChI is InChI=1S/C85H68N2/c1-55(2)77-53-81(86(63-31-9-7-10-32-63)65-35-23-28-60(51-65)68-38-14-16-40-70(68)69-39-15-13-37-67(69)59-27-21-25-57(5)49-59)75-47-45-74-78(56(3)4)54-82(76-48-46-73(77)83(75)84(74)76)87(64-33-11-8-12-34-64)66-36-24-30-62(52-66)85(61-29-22-26-58(6)50-61)79-43-19-17-41-71(79)72-42-18-20-44-80(72)85/h7-56H,1-6H3. The number of nitrogens with zero attached hydrogens (tertiary/aromatic N) is 2. The zero-order chi connectivity index (χ0) is 58.9. The molecule has 0 saturated carbocycles. The Bertz CT molecular complexity index is 4870. The number of para-hydroxylation sites is 2. The van der Waals surface area contributed by atoms with E-state index in [2.05, 4.69) is 343 Å². The molecule has 0 bridgehead atoms. The minimum absolute atomic E-state index is 0.229. The van der Waals surface area contributed by atoms with Crippen molar-refractivity contribution in [1.29, 1.82) is 0 Å². The van der Waals surface area contributed by atoms with Gasteiger partial charge in [-0.25, -0.2) is 0 Å². The Labute approximate surface area is 512 Å². The second-order valence-corrected chi connectivity index (χ2v) is 24.5. The summed E-state index contributed by atoms with van der Waals surface area (Å²) in [5, 5.41) is 7.61. The molecule has 14 aromatic rings. The van der Waals surface area contributed by atoms with Gasteiger partial charge in [0.25, 0.3) is 0 Å². The van der Waals surface area contributed by atoms with E-state index in [1.807, 2.05) is 0 Å². The summed E-state index contributed by atoms with van der Waals surface area (Å²) in [4.78, 5) is 5.06. The van der Waals surface area contributed by atoms with Crippen molar-refractivity contribution in [2.45, 2.75) is 58.8 Å². The van der Waals surface area contributed by atoms with Crippen LogP contribution in [-0.2, 0) is 5.41 Å². The van der Waals surface area contributed by atoms with Crippen molar-refractivity contribution in [1.82, 2.24) is 0 Å². The third kappa shape index (κ3) is 8.84. The monoisotopic (exact) mass is 1120 g/mol. The molecule has 0 N–H and O–H groups in total. The number of fused-ring (bicyclic) bond motifs is 3. The average molecular weight is 1120 g/mol. The van der Waals surface area contributed by atoms with Gasteiger partial charge < -0.3 is 9.80 Å². The number of rotatable bonds is 13. The van der Waals surface area contributed by atoms with Crippen molar-refractivity contribution in [3.63, 3.8) is 0 Å². The second-order valence-electron chi connectivity index (χ2n) is 24.5. The molecule has 0 heterocycles. The molecule has 0 aliphatic heterocycles. The Morgan fingerprint density at radius 2 is 0.644 bits per heavy atom. The first-order chi connectivity index (χ1) is 42.6. The molecule has 2 heteroatoms. The molecule has 418 valence electrons. The number of benzene rings is 14. The van der Waals surface area contributed by atoms with Gasteiger partial charge in [-0.3, -0.25) is 0 Å². The van der Waals surface area contributed by atoms with Crippen LogP contribution in [0.2, 0.25) is 0 Å². The summed E-state index contributed by atoms with van der Waals surface area (Å²) in [6.07, 6.45) is 0. The second kappa shape index (κ2) is 21.7. The van der Waals surface area contributed by atoms with Crippen LogP contribution in [0.4, 0.5) is 34.1 Å². The first kappa shape index (κ1) is 53.4. The van der Waals surface area contributed by atoms with Crippen molar-refractivity contribution in [3.8, 4) is 44.5 Å². The van der Waals surface area contributed by atoms with Crippen LogP contribution in [-0.4, -0.2) is 0 Å². The van der Waals surface area contributed by atoms with Crippen LogP contribution in [0.1, 0.15) is 84.0 Å². The summed E-state index contributed by atoms with van der Waals surface area (Å²) in [5.74, 6) is 0.462. The SMILES string of the molecule is Cc1cccc(-c2ccccc2-c2ccccc2-c2cccc(N(c3ccccc3)c3cc(C(C)C)c4ccc5c(N(c6ccccc6)c6cccc(C7(c8cccc(C)c8)c8ccccc8-c8ccccc87)c6)cc(C(C)C)c6ccc3c4c65)c2)c1. The Morgan fingerprint density at radius 3 is 1.13 bits per heavy atom. The van der Waals surface area contributed by atoms with Gasteiger partial charge in [0.05, 0.1) is 16.8 Å². The molecule has 0 aromatic heterocycles. The Morgan fingerprint density at radius 1 is 0.276 bits per heavy atom. The molecule has 1 aliphatic rings. The van der Waals surface area contributed by atoms with E-state index in [9.17, 15) is 0 Å². The maximum Gasteiger partial charge on any atom is 0.0714 e. The van der Waals surface area contributed by atoms with Crippen LogP contribution < -0.4 is 9.80 Å². The van der Waals surface area contributed by atoms with Crippen molar-refractivity contribution in [2.24, 2.45) is 0 Å². The quantitative estimate of drug-likeness (QED) is 0.106. The highest BCUT2D eigenvalue weighted by Crippen LogP contribution is 2.58. The molecule has 14 aromatic carbocycles. The van der Waals surface area contributed by atoms with Crippen molar-refractivity contribution >= 4 is 66.4 Å². The van der Waals surface area contributed by atoms with Gasteiger partial charge in [-0.05, 0) is 186 Å². The molecular formula is C85H68N2. The minimum Gasteiger partial charge on any atom is -0.310 e. The van der Waals surface area contributed by atoms with Crippen molar-refractivity contribution in [3.05, 3.63) is 336 Å². The lowest BCUT2D eigenvalue weighted by Crippen LogP contribution is -2.29. The van der Waals surface area contributed by atoms with Crippen LogP contribution in [0.25, 0.3) is 76.8 Å². The number of hydrogen-bond acceptors (Lipinski definition) is 2. The topological polar surface area (TPSA) is 6.48 Å². The maximum atomic E-state index is 2.54. The molecular weight excluding hydrogens is 1050 g/mol. The maximum absolute atomic E-state index is 2.54. The molecule has 1 aliphatic carbocycles. The van der Waals surface area contributed by atoms with Gasteiger partial charge >= 0.3 is 0 Å². The Hall–Kier alpha value is -10.3. The van der Waals surface area contributed by atoms with E-state index in [1.165, 1.54) is 116 Å². The summed E-state index contributed by atoms with van der Waals surface area (Å²) in [6, 6.07) is 109. The van der Waals surface area contributed by atoms with E-state index in [4.69, 9.17) is 0 Å². The first-order valence-electron chi connectivity index (χ1n) is 30.9. The fraction of sp³-hybridized carbons (Fsp3) is 0.106. The predicted octanol–water partition coefficient (Wildman–Crippen LogP) is 23.8. The number of anilines is 6. The fourth-order valence-electron chi connectivity index (χ4n) is 14.7. The summed E-state index contributed by atoms with van der Waals surface area (Å²) in [6.45, 7) is 13.8. The van der Waals surface area contributed by atoms with E-state index in [0.717, 1.165) is 39.7 Å². The van der Waals surface area contributed by atoms with Crippen LogP contribution in [0.3, 0.4) is 0 Å². The predicted molar refractivity (Wildman–Crippen MR) is 371 cm³/mol. The zero-order valence-corrected chi connectivity index (χ0v) is 50.3. The number of hydrogen-bond donors (Lipinski definition) is 0. The van der Waals surface area contributed by atoms with E-state index < -0.39 is 5.41 Å². The molecule has 0 unspecified atom stereocenters. The molecule has 0 fully saturated rings. The zero-order valence-electron chi connectivity index (χ0n) is 50.3. The van der Waals surface area contributed by atoms with Crippen molar-refractivity contribution in [2.75, 3.05) is 9.80 Å². The highest BCUT2D eigenvalue weighted by Gasteiger charge is 2.46. The number of aryl methyl sites for hydroxylation is 2. The molecule has 0 radical (unpaired) electrons. The third-order valence-corrected chi connectivity index (χ3v) is 18.5. The van der Waals surface area contributed by atoms with Gasteiger partial charge in [-0.2, -0.15) is 0 Å². The summed E-state index contributed by atoms with van der Waals surface area (Å²) < 4.78 is 0. The van der Waals surface area contributed by atoms with Crippen LogP contribution >= 0.6 is 0 Å². The van der Waals surface area contributed by atoms with E-state index in [1.54, 1.807) is 0 Å². The van der Waals surface area contributed by atoms with Gasteiger partial charge in [-0.15, -0.1) is 0 Å². The summed E-state index contributed by atoms with van der Waals surface area (Å²) in [7, 11) is 0. The Kier molecular flexibility index (Phi) is 13.3. The molecule has 2 nitrogen and oxygen atoms in total. The lowest BCUT2D eigenvalue weighted by atomic mass is 9.67. The van der Waals surface area contributed by atoms with Gasteiger partial charge in [0.15, 0.2) is 0 Å². The molecule has 0 amide bonds. The van der Waals surface area contributed by atoms with Gasteiger partial charge in [0.1, 0.15) is 0 Å². The molecule has 87 heavy (non-hydrogen) atoms. The van der Waals surface area contributed by atoms with Crippen molar-refractivity contribution < 1.29 is 0 Å². The van der Waals surface area contributed by atoms with Gasteiger partial charge in [0.2, 0.25) is 0 Å². The third-order valence-electron chi connectivity index (χ3n) is 18.5. The molecule has 15 rings (SSSR count). The fourth-order valence-corrected chi connectivity index (χ4v) is 14.7. The highest BCUT2D eigenvalue weighted by atomic mass is 15.2. The van der Waals surface area contributed by atoms with Gasteiger partial charge in [-0.1, -0.05) is 269 Å². The smallest absolute Gasteiger partial charge is 0.0714 e. The lowest BCUT2D eigenvalue weighted by Gasteiger charge is -2.36. The van der Waals surface area contributed by atoms with E-state index in [-0.39, 0.29) is 11.8 Å². The Balaban J connectivity index is 0.958. The molecule has 0 spiro atoms. The largest absolute Gasteiger partial charge is 0.310 e. The first-order valence-corrected chi connectivity index (χ1v) is 30.9. The van der Waals surface area contributed by atoms with Crippen LogP contribution in [0, 0.1) is 13.8 Å².